The van der Waals surface area contributed by atoms with Crippen LogP contribution in [0.15, 0.2) is 5.38 Å². The van der Waals surface area contributed by atoms with E-state index in [0.717, 1.165) is 18.0 Å². The van der Waals surface area contributed by atoms with Crippen LogP contribution in [-0.4, -0.2) is 25.2 Å². The lowest BCUT2D eigenvalue weighted by Gasteiger charge is -2.36. The number of thiazole rings is 1. The summed E-state index contributed by atoms with van der Waals surface area (Å²) in [5.74, 6) is 0.911. The fraction of sp³-hybridized carbons (Fsp3) is 0.800. The maximum absolute atomic E-state index is 5.49. The highest BCUT2D eigenvalue weighted by atomic mass is 32.1. The van der Waals surface area contributed by atoms with Gasteiger partial charge in [0.05, 0.1) is 17.8 Å². The van der Waals surface area contributed by atoms with Crippen molar-refractivity contribution in [2.24, 2.45) is 5.92 Å². The standard InChI is InChI=1S/C15H28N2OS/c1-7-8-16-15(10-18-6,12(4)5)14-17-13(9-19-14)11(2)3/h9,11-12,16H,7-8,10H2,1-6H3. The van der Waals surface area contributed by atoms with E-state index in [2.05, 4.69) is 45.3 Å². The van der Waals surface area contributed by atoms with Crippen LogP contribution in [0, 0.1) is 5.92 Å². The van der Waals surface area contributed by atoms with Crippen molar-refractivity contribution in [3.05, 3.63) is 16.1 Å². The Labute approximate surface area is 121 Å². The number of hydrogen-bond donors (Lipinski definition) is 1. The first-order chi connectivity index (χ1) is 8.97. The van der Waals surface area contributed by atoms with Gasteiger partial charge in [0, 0.05) is 12.5 Å². The minimum atomic E-state index is -0.164. The van der Waals surface area contributed by atoms with Crippen molar-refractivity contribution in [2.45, 2.75) is 52.5 Å². The lowest BCUT2D eigenvalue weighted by molar-refractivity contribution is 0.0761. The highest BCUT2D eigenvalue weighted by Gasteiger charge is 2.38. The summed E-state index contributed by atoms with van der Waals surface area (Å²) in [6.45, 7) is 12.7. The summed E-state index contributed by atoms with van der Waals surface area (Å²) in [7, 11) is 1.77. The molecule has 1 atom stereocenters. The number of aromatic nitrogens is 1. The van der Waals surface area contributed by atoms with Gasteiger partial charge in [-0.3, -0.25) is 0 Å². The van der Waals surface area contributed by atoms with Crippen LogP contribution in [0.2, 0.25) is 0 Å². The van der Waals surface area contributed by atoms with Crippen LogP contribution in [0.25, 0.3) is 0 Å². The van der Waals surface area contributed by atoms with E-state index in [1.807, 2.05) is 0 Å². The monoisotopic (exact) mass is 284 g/mol. The van der Waals surface area contributed by atoms with Crippen LogP contribution in [0.5, 0.6) is 0 Å². The van der Waals surface area contributed by atoms with E-state index in [1.165, 1.54) is 5.69 Å². The Balaban J connectivity index is 3.11. The Kier molecular flexibility index (Phi) is 6.43. The third-order valence-corrected chi connectivity index (χ3v) is 4.58. The average Bonchev–Trinajstić information content (AvgIpc) is 2.84. The molecule has 1 unspecified atom stereocenters. The summed E-state index contributed by atoms with van der Waals surface area (Å²) in [4.78, 5) is 4.85. The Morgan fingerprint density at radius 2 is 2.05 bits per heavy atom. The summed E-state index contributed by atoms with van der Waals surface area (Å²) < 4.78 is 5.49. The Bertz CT molecular complexity index is 376. The van der Waals surface area contributed by atoms with Gasteiger partial charge in [-0.05, 0) is 24.8 Å². The zero-order valence-corrected chi connectivity index (χ0v) is 13.9. The maximum atomic E-state index is 5.49. The molecule has 0 radical (unpaired) electrons. The van der Waals surface area contributed by atoms with E-state index >= 15 is 0 Å². The zero-order valence-electron chi connectivity index (χ0n) is 13.1. The van der Waals surface area contributed by atoms with Crippen molar-refractivity contribution in [2.75, 3.05) is 20.3 Å². The molecule has 0 aliphatic carbocycles. The van der Waals surface area contributed by atoms with Crippen LogP contribution in [0.4, 0.5) is 0 Å². The van der Waals surface area contributed by atoms with Crippen molar-refractivity contribution in [3.63, 3.8) is 0 Å². The van der Waals surface area contributed by atoms with E-state index in [4.69, 9.17) is 9.72 Å². The molecule has 0 aliphatic rings. The van der Waals surface area contributed by atoms with E-state index in [1.54, 1.807) is 18.4 Å². The topological polar surface area (TPSA) is 34.1 Å². The molecular weight excluding hydrogens is 256 g/mol. The number of methoxy groups -OCH3 is 1. The van der Waals surface area contributed by atoms with E-state index in [0.29, 0.717) is 18.4 Å². The third-order valence-electron chi connectivity index (χ3n) is 3.54. The molecule has 0 spiro atoms. The number of nitrogens with one attached hydrogen (secondary N) is 1. The normalized spacial score (nSPS) is 15.2. The Hall–Kier alpha value is -0.450. The van der Waals surface area contributed by atoms with Crippen LogP contribution in [0.1, 0.15) is 57.7 Å². The number of hydrogen-bond acceptors (Lipinski definition) is 4. The molecule has 1 heterocycles. The molecule has 0 aliphatic heterocycles. The lowest BCUT2D eigenvalue weighted by Crippen LogP contribution is -2.50. The van der Waals surface area contributed by atoms with Gasteiger partial charge in [-0.2, -0.15) is 0 Å². The molecular formula is C15H28N2OS. The summed E-state index contributed by atoms with van der Waals surface area (Å²) in [6, 6.07) is 0. The van der Waals surface area contributed by atoms with Crippen LogP contribution in [0.3, 0.4) is 0 Å². The summed E-state index contributed by atoms with van der Waals surface area (Å²) in [5, 5.41) is 7.01. The van der Waals surface area contributed by atoms with Gasteiger partial charge in [0.1, 0.15) is 5.01 Å². The second-order valence-corrected chi connectivity index (χ2v) is 6.58. The van der Waals surface area contributed by atoms with Crippen LogP contribution in [-0.2, 0) is 10.3 Å². The van der Waals surface area contributed by atoms with Crippen LogP contribution >= 0.6 is 11.3 Å². The highest BCUT2D eigenvalue weighted by molar-refractivity contribution is 7.09. The predicted octanol–water partition coefficient (Wildman–Crippen LogP) is 3.76. The minimum Gasteiger partial charge on any atom is -0.382 e. The molecule has 0 saturated heterocycles. The number of rotatable bonds is 8. The molecule has 0 fully saturated rings. The Morgan fingerprint density at radius 1 is 1.37 bits per heavy atom. The molecule has 4 heteroatoms. The largest absolute Gasteiger partial charge is 0.382 e. The SMILES string of the molecule is CCCNC(COC)(c1nc(C(C)C)cs1)C(C)C. The fourth-order valence-electron chi connectivity index (χ4n) is 2.14. The second-order valence-electron chi connectivity index (χ2n) is 5.72. The molecule has 1 N–H and O–H groups in total. The molecule has 1 aromatic rings. The van der Waals surface area contributed by atoms with Crippen molar-refractivity contribution in [1.29, 1.82) is 0 Å². The van der Waals surface area contributed by atoms with E-state index < -0.39 is 0 Å². The first kappa shape index (κ1) is 16.6. The van der Waals surface area contributed by atoms with Gasteiger partial charge in [0.25, 0.3) is 0 Å². The smallest absolute Gasteiger partial charge is 0.116 e. The molecule has 0 amide bonds. The molecule has 1 rings (SSSR count). The summed E-state index contributed by atoms with van der Waals surface area (Å²) >= 11 is 1.75. The number of ether oxygens (including phenoxy) is 1. The van der Waals surface area contributed by atoms with E-state index in [-0.39, 0.29) is 5.54 Å². The van der Waals surface area contributed by atoms with Crippen molar-refractivity contribution < 1.29 is 4.74 Å². The first-order valence-electron chi connectivity index (χ1n) is 7.17. The third kappa shape index (κ3) is 3.77. The molecule has 3 nitrogen and oxygen atoms in total. The summed E-state index contributed by atoms with van der Waals surface area (Å²) in [6.07, 6.45) is 1.11. The van der Waals surface area contributed by atoms with Crippen LogP contribution < -0.4 is 5.32 Å². The average molecular weight is 284 g/mol. The molecule has 1 aromatic heterocycles. The minimum absolute atomic E-state index is 0.164. The Morgan fingerprint density at radius 3 is 2.47 bits per heavy atom. The van der Waals surface area contributed by atoms with Crippen molar-refractivity contribution >= 4 is 11.3 Å². The second kappa shape index (κ2) is 7.36. The number of nitrogens with zero attached hydrogens (tertiary/aromatic N) is 1. The predicted molar refractivity (Wildman–Crippen MR) is 82.9 cm³/mol. The van der Waals surface area contributed by atoms with Gasteiger partial charge in [-0.25, -0.2) is 4.98 Å². The van der Waals surface area contributed by atoms with Gasteiger partial charge in [0.15, 0.2) is 0 Å². The van der Waals surface area contributed by atoms with Crippen molar-refractivity contribution in [3.8, 4) is 0 Å². The fourth-order valence-corrected chi connectivity index (χ4v) is 3.43. The molecule has 0 bridgehead atoms. The summed E-state index contributed by atoms with van der Waals surface area (Å²) in [5.41, 5.74) is 1.02. The highest BCUT2D eigenvalue weighted by Crippen LogP contribution is 2.33. The van der Waals surface area contributed by atoms with Gasteiger partial charge in [0.2, 0.25) is 0 Å². The van der Waals surface area contributed by atoms with Gasteiger partial charge < -0.3 is 10.1 Å². The van der Waals surface area contributed by atoms with E-state index in [9.17, 15) is 0 Å². The first-order valence-corrected chi connectivity index (χ1v) is 8.05. The maximum Gasteiger partial charge on any atom is 0.116 e. The molecule has 110 valence electrons. The molecule has 19 heavy (non-hydrogen) atoms. The quantitative estimate of drug-likeness (QED) is 0.789. The zero-order chi connectivity index (χ0) is 14.5. The van der Waals surface area contributed by atoms with Gasteiger partial charge in [-0.15, -0.1) is 11.3 Å². The van der Waals surface area contributed by atoms with Crippen molar-refractivity contribution in [1.82, 2.24) is 10.3 Å². The van der Waals surface area contributed by atoms with Gasteiger partial charge in [-0.1, -0.05) is 34.6 Å². The molecule has 0 saturated carbocycles. The lowest BCUT2D eigenvalue weighted by atomic mass is 9.87. The molecule has 0 aromatic carbocycles. The van der Waals surface area contributed by atoms with Gasteiger partial charge >= 0.3 is 0 Å².